The van der Waals surface area contributed by atoms with Crippen molar-refractivity contribution in [1.82, 2.24) is 19.9 Å². The van der Waals surface area contributed by atoms with E-state index in [9.17, 15) is 0 Å². The molecular formula is C48H42N4. The van der Waals surface area contributed by atoms with Gasteiger partial charge in [-0.1, -0.05) is 157 Å². The van der Waals surface area contributed by atoms with Crippen LogP contribution >= 0.6 is 0 Å². The molecule has 4 nitrogen and oxygen atoms in total. The van der Waals surface area contributed by atoms with Crippen LogP contribution in [0.25, 0.3) is 67.7 Å². The first-order chi connectivity index (χ1) is 25.0. The maximum absolute atomic E-state index is 5.11. The number of aromatic nitrogens is 4. The smallest absolute Gasteiger partial charge is 0.164 e. The lowest BCUT2D eigenvalue weighted by atomic mass is 9.59. The highest BCUT2D eigenvalue weighted by molar-refractivity contribution is 5.84. The fourth-order valence-electron chi connectivity index (χ4n) is 8.48. The first-order valence-corrected chi connectivity index (χ1v) is 18.3. The zero-order valence-corrected chi connectivity index (χ0v) is 30.7. The van der Waals surface area contributed by atoms with E-state index in [1.54, 1.807) is 0 Å². The fourth-order valence-corrected chi connectivity index (χ4v) is 8.48. The third kappa shape index (κ3) is 4.88. The van der Waals surface area contributed by atoms with Gasteiger partial charge >= 0.3 is 0 Å². The van der Waals surface area contributed by atoms with E-state index in [2.05, 4.69) is 151 Å². The molecule has 0 bridgehead atoms. The Balaban J connectivity index is 1.04. The van der Waals surface area contributed by atoms with E-state index in [1.807, 2.05) is 24.4 Å². The maximum atomic E-state index is 5.11. The predicted octanol–water partition coefficient (Wildman–Crippen LogP) is 11.8. The zero-order valence-electron chi connectivity index (χ0n) is 30.7. The highest BCUT2D eigenvalue weighted by atomic mass is 15.0. The van der Waals surface area contributed by atoms with Crippen molar-refractivity contribution in [2.24, 2.45) is 5.41 Å². The Morgan fingerprint density at radius 1 is 0.442 bits per heavy atom. The molecule has 0 spiro atoms. The van der Waals surface area contributed by atoms with Crippen LogP contribution in [-0.4, -0.2) is 19.9 Å². The first kappa shape index (κ1) is 32.2. The van der Waals surface area contributed by atoms with Crippen molar-refractivity contribution in [3.05, 3.63) is 156 Å². The van der Waals surface area contributed by atoms with E-state index in [4.69, 9.17) is 19.9 Å². The van der Waals surface area contributed by atoms with Gasteiger partial charge in [0, 0.05) is 34.0 Å². The Morgan fingerprint density at radius 2 is 1.02 bits per heavy atom. The van der Waals surface area contributed by atoms with Crippen molar-refractivity contribution in [3.8, 4) is 67.7 Å². The molecule has 9 rings (SSSR count). The molecule has 0 atom stereocenters. The summed E-state index contributed by atoms with van der Waals surface area (Å²) in [6, 6.07) is 45.0. The van der Waals surface area contributed by atoms with Gasteiger partial charge in [-0.15, -0.1) is 0 Å². The molecule has 254 valence electrons. The van der Waals surface area contributed by atoms with Gasteiger partial charge in [-0.2, -0.15) is 0 Å². The second-order valence-corrected chi connectivity index (χ2v) is 16.0. The van der Waals surface area contributed by atoms with Crippen molar-refractivity contribution in [3.63, 3.8) is 0 Å². The predicted molar refractivity (Wildman–Crippen MR) is 213 cm³/mol. The lowest BCUT2D eigenvalue weighted by molar-refractivity contribution is 0.125. The third-order valence-electron chi connectivity index (χ3n) is 12.8. The summed E-state index contributed by atoms with van der Waals surface area (Å²) in [4.78, 5) is 20.1. The van der Waals surface area contributed by atoms with E-state index in [0.29, 0.717) is 17.5 Å². The molecule has 7 aromatic rings. The molecule has 2 aliphatic rings. The van der Waals surface area contributed by atoms with E-state index in [-0.39, 0.29) is 16.2 Å². The Kier molecular flexibility index (Phi) is 7.21. The molecule has 5 aromatic carbocycles. The largest absolute Gasteiger partial charge is 0.256 e. The summed E-state index contributed by atoms with van der Waals surface area (Å²) in [6.07, 6.45) is 2.85. The number of fused-ring (bicyclic) bond motifs is 4. The van der Waals surface area contributed by atoms with E-state index in [0.717, 1.165) is 45.5 Å². The number of rotatable bonds is 5. The second kappa shape index (κ2) is 11.6. The fraction of sp³-hybridized carbons (Fsp3) is 0.208. The quantitative estimate of drug-likeness (QED) is 0.182. The van der Waals surface area contributed by atoms with Crippen molar-refractivity contribution < 1.29 is 0 Å². The minimum atomic E-state index is 0.0532. The van der Waals surface area contributed by atoms with Crippen molar-refractivity contribution >= 4 is 0 Å². The minimum absolute atomic E-state index is 0.0532. The van der Waals surface area contributed by atoms with Gasteiger partial charge in [-0.25, -0.2) is 15.0 Å². The number of hydrogen-bond acceptors (Lipinski definition) is 4. The lowest BCUT2D eigenvalue weighted by Crippen LogP contribution is -2.42. The van der Waals surface area contributed by atoms with Crippen LogP contribution in [0.15, 0.2) is 134 Å². The normalized spacial score (nSPS) is 15.9. The van der Waals surface area contributed by atoms with Gasteiger partial charge in [0.2, 0.25) is 0 Å². The Morgan fingerprint density at radius 3 is 1.75 bits per heavy atom. The Hall–Kier alpha value is -5.74. The molecule has 0 unspecified atom stereocenters. The lowest BCUT2D eigenvalue weighted by Gasteiger charge is -2.44. The van der Waals surface area contributed by atoms with Gasteiger partial charge in [0.25, 0.3) is 0 Å². The molecule has 0 fully saturated rings. The standard InChI is InChI=1S/C48H42N4/c1-46(2)40-25-23-34(28-41(40)47(3,4)48(46,5)6)42-26-24-35(29-49-42)30-19-21-32(22-20-30)44-50-43(31-13-8-7-9-14-31)51-45(52-44)38-18-12-17-37-36-16-11-10-15-33(36)27-39(37)38/h7-26,28-29H,27H2,1-6H3. The Labute approximate surface area is 306 Å². The van der Waals surface area contributed by atoms with Crippen LogP contribution in [0.4, 0.5) is 0 Å². The minimum Gasteiger partial charge on any atom is -0.256 e. The molecule has 2 heterocycles. The summed E-state index contributed by atoms with van der Waals surface area (Å²) in [6.45, 7) is 14.3. The Bertz CT molecular complexity index is 2490. The number of hydrogen-bond donors (Lipinski definition) is 0. The topological polar surface area (TPSA) is 51.6 Å². The van der Waals surface area contributed by atoms with Crippen LogP contribution in [0.5, 0.6) is 0 Å². The molecule has 0 N–H and O–H groups in total. The van der Waals surface area contributed by atoms with Crippen LogP contribution in [0, 0.1) is 5.41 Å². The molecule has 4 heteroatoms. The highest BCUT2D eigenvalue weighted by Crippen LogP contribution is 2.61. The summed E-state index contributed by atoms with van der Waals surface area (Å²) in [5.74, 6) is 2.02. The molecule has 2 aromatic heterocycles. The van der Waals surface area contributed by atoms with Gasteiger partial charge in [0.05, 0.1) is 5.69 Å². The van der Waals surface area contributed by atoms with Crippen molar-refractivity contribution in [1.29, 1.82) is 0 Å². The molecule has 0 amide bonds. The number of pyridine rings is 1. The van der Waals surface area contributed by atoms with Gasteiger partial charge in [0.15, 0.2) is 17.5 Å². The van der Waals surface area contributed by atoms with E-state index in [1.165, 1.54) is 33.4 Å². The van der Waals surface area contributed by atoms with Crippen molar-refractivity contribution in [2.75, 3.05) is 0 Å². The highest BCUT2D eigenvalue weighted by Gasteiger charge is 2.56. The maximum Gasteiger partial charge on any atom is 0.164 e. The van der Waals surface area contributed by atoms with Gasteiger partial charge < -0.3 is 0 Å². The number of benzene rings is 5. The summed E-state index contributed by atoms with van der Waals surface area (Å²) < 4.78 is 0. The van der Waals surface area contributed by atoms with Crippen LogP contribution in [-0.2, 0) is 17.3 Å². The van der Waals surface area contributed by atoms with E-state index < -0.39 is 0 Å². The average molecular weight is 675 g/mol. The third-order valence-corrected chi connectivity index (χ3v) is 12.8. The molecule has 0 aliphatic heterocycles. The molecule has 0 saturated heterocycles. The van der Waals surface area contributed by atoms with Gasteiger partial charge in [-0.05, 0) is 73.7 Å². The first-order valence-electron chi connectivity index (χ1n) is 18.3. The molecule has 0 saturated carbocycles. The molecule has 52 heavy (non-hydrogen) atoms. The summed E-state index contributed by atoms with van der Waals surface area (Å²) >= 11 is 0. The summed E-state index contributed by atoms with van der Waals surface area (Å²) in [7, 11) is 0. The van der Waals surface area contributed by atoms with Crippen LogP contribution in [0.1, 0.15) is 63.8 Å². The summed E-state index contributed by atoms with van der Waals surface area (Å²) in [5, 5.41) is 0. The van der Waals surface area contributed by atoms with Crippen LogP contribution in [0.2, 0.25) is 0 Å². The van der Waals surface area contributed by atoms with E-state index >= 15 is 0 Å². The number of nitrogens with zero attached hydrogens (tertiary/aromatic N) is 4. The SMILES string of the molecule is CC1(C)c2ccc(-c3ccc(-c4ccc(-c5nc(-c6ccccc6)nc(-c6cccc7c6Cc6ccccc6-7)n5)cc4)cn3)cc2C(C)(C)C1(C)C. The van der Waals surface area contributed by atoms with Gasteiger partial charge in [-0.3, -0.25) is 4.98 Å². The second-order valence-electron chi connectivity index (χ2n) is 16.0. The average Bonchev–Trinajstić information content (AvgIpc) is 3.61. The van der Waals surface area contributed by atoms with Crippen molar-refractivity contribution in [2.45, 2.75) is 58.8 Å². The van der Waals surface area contributed by atoms with Gasteiger partial charge in [0.1, 0.15) is 0 Å². The zero-order chi connectivity index (χ0) is 35.8. The monoisotopic (exact) mass is 674 g/mol. The van der Waals surface area contributed by atoms with Crippen LogP contribution in [0.3, 0.4) is 0 Å². The summed E-state index contributed by atoms with van der Waals surface area (Å²) in [5.41, 5.74) is 15.6. The molecular weight excluding hydrogens is 633 g/mol. The van der Waals surface area contributed by atoms with Crippen LogP contribution < -0.4 is 0 Å². The molecule has 0 radical (unpaired) electrons. The molecule has 2 aliphatic carbocycles.